The molecule has 1 N–H and O–H groups in total. The summed E-state index contributed by atoms with van der Waals surface area (Å²) >= 11 is 0. The summed E-state index contributed by atoms with van der Waals surface area (Å²) in [5, 5.41) is 8.20. The fraction of sp³-hybridized carbons (Fsp3) is 0.714. The van der Waals surface area contributed by atoms with E-state index < -0.39 is 0 Å². The highest BCUT2D eigenvalue weighted by molar-refractivity contribution is 5.05. The molecule has 0 fully saturated rings. The van der Waals surface area contributed by atoms with Crippen LogP contribution in [-0.2, 0) is 4.74 Å². The molecular weight excluding hydrogens is 200 g/mol. The highest BCUT2D eigenvalue weighted by Gasteiger charge is 1.76. The molecule has 0 saturated heterocycles. The predicted octanol–water partition coefficient (Wildman–Crippen LogP) is 3.96. The van der Waals surface area contributed by atoms with Crippen LogP contribution < -0.4 is 0 Å². The molecule has 0 aromatic rings. The zero-order valence-corrected chi connectivity index (χ0v) is 11.6. The second kappa shape index (κ2) is 23.9. The van der Waals surface area contributed by atoms with E-state index in [4.69, 9.17) is 9.84 Å². The van der Waals surface area contributed by atoms with E-state index >= 15 is 0 Å². The van der Waals surface area contributed by atoms with Gasteiger partial charge in [0.05, 0.1) is 0 Å². The van der Waals surface area contributed by atoms with Crippen molar-refractivity contribution in [1.82, 2.24) is 0 Å². The smallest absolute Gasteiger partial charge is 0.0437 e. The van der Waals surface area contributed by atoms with Crippen molar-refractivity contribution in [2.75, 3.05) is 19.8 Å². The SMILES string of the molecule is C=CC(=C)C.CCCCCO.CCOCC. The number of hydrogen-bond donors (Lipinski definition) is 1. The lowest BCUT2D eigenvalue weighted by Gasteiger charge is -1.86. The van der Waals surface area contributed by atoms with E-state index in [1.54, 1.807) is 6.08 Å². The highest BCUT2D eigenvalue weighted by atomic mass is 16.5. The van der Waals surface area contributed by atoms with Crippen molar-refractivity contribution >= 4 is 0 Å². The molecule has 0 aliphatic rings. The summed E-state index contributed by atoms with van der Waals surface area (Å²) in [7, 11) is 0. The predicted molar refractivity (Wildman–Crippen MR) is 73.8 cm³/mol. The Morgan fingerprint density at radius 2 is 1.62 bits per heavy atom. The van der Waals surface area contributed by atoms with Crippen LogP contribution in [0, 0.1) is 0 Å². The molecule has 0 bridgehead atoms. The lowest BCUT2D eigenvalue weighted by molar-refractivity contribution is 0.162. The first kappa shape index (κ1) is 20.8. The van der Waals surface area contributed by atoms with Crippen LogP contribution in [-0.4, -0.2) is 24.9 Å². The lowest BCUT2D eigenvalue weighted by atomic mass is 10.3. The molecule has 0 amide bonds. The summed E-state index contributed by atoms with van der Waals surface area (Å²) in [6.07, 6.45) is 5.05. The van der Waals surface area contributed by atoms with Gasteiger partial charge >= 0.3 is 0 Å². The van der Waals surface area contributed by atoms with Crippen LogP contribution in [0.5, 0.6) is 0 Å². The van der Waals surface area contributed by atoms with E-state index in [-0.39, 0.29) is 0 Å². The fourth-order valence-corrected chi connectivity index (χ4v) is 0.566. The Morgan fingerprint density at radius 1 is 1.19 bits per heavy atom. The van der Waals surface area contributed by atoms with Crippen LogP contribution in [0.3, 0.4) is 0 Å². The van der Waals surface area contributed by atoms with E-state index in [0.717, 1.165) is 31.6 Å². The Morgan fingerprint density at radius 3 is 1.69 bits per heavy atom. The zero-order chi connectivity index (χ0) is 13.2. The van der Waals surface area contributed by atoms with Gasteiger partial charge in [-0.3, -0.25) is 0 Å². The first-order valence-corrected chi connectivity index (χ1v) is 6.07. The van der Waals surface area contributed by atoms with E-state index in [1.165, 1.54) is 6.42 Å². The second-order valence-corrected chi connectivity index (χ2v) is 3.26. The summed E-state index contributed by atoms with van der Waals surface area (Å²) in [6.45, 7) is 17.1. The first-order chi connectivity index (χ1) is 7.60. The molecular formula is C14H30O2. The second-order valence-electron chi connectivity index (χ2n) is 3.26. The Hall–Kier alpha value is -0.600. The third kappa shape index (κ3) is 50.3. The van der Waals surface area contributed by atoms with E-state index in [0.29, 0.717) is 6.61 Å². The number of ether oxygens (including phenoxy) is 1. The van der Waals surface area contributed by atoms with E-state index in [2.05, 4.69) is 20.1 Å². The average molecular weight is 230 g/mol. The van der Waals surface area contributed by atoms with Crippen LogP contribution in [0.25, 0.3) is 0 Å². The van der Waals surface area contributed by atoms with Crippen molar-refractivity contribution in [3.05, 3.63) is 24.8 Å². The summed E-state index contributed by atoms with van der Waals surface area (Å²) in [5.74, 6) is 0. The summed E-state index contributed by atoms with van der Waals surface area (Å²) < 4.78 is 4.83. The van der Waals surface area contributed by atoms with Crippen molar-refractivity contribution in [2.24, 2.45) is 0 Å². The molecule has 0 radical (unpaired) electrons. The third-order valence-electron chi connectivity index (χ3n) is 1.52. The van der Waals surface area contributed by atoms with Crippen LogP contribution in [0.15, 0.2) is 24.8 Å². The summed E-state index contributed by atoms with van der Waals surface area (Å²) in [4.78, 5) is 0. The maximum Gasteiger partial charge on any atom is 0.0437 e. The lowest BCUT2D eigenvalue weighted by Crippen LogP contribution is -1.84. The van der Waals surface area contributed by atoms with Gasteiger partial charge in [-0.15, -0.1) is 0 Å². The van der Waals surface area contributed by atoms with E-state index in [9.17, 15) is 0 Å². The van der Waals surface area contributed by atoms with Crippen molar-refractivity contribution in [3.8, 4) is 0 Å². The molecule has 0 saturated carbocycles. The molecule has 0 aromatic carbocycles. The molecule has 2 nitrogen and oxygen atoms in total. The van der Waals surface area contributed by atoms with Gasteiger partial charge in [-0.05, 0) is 27.2 Å². The van der Waals surface area contributed by atoms with Crippen LogP contribution in [0.1, 0.15) is 47.0 Å². The van der Waals surface area contributed by atoms with Crippen molar-refractivity contribution < 1.29 is 9.84 Å². The quantitative estimate of drug-likeness (QED) is 0.553. The maximum atomic E-state index is 8.20. The number of rotatable bonds is 6. The molecule has 0 rings (SSSR count). The van der Waals surface area contributed by atoms with Crippen LogP contribution in [0.2, 0.25) is 0 Å². The topological polar surface area (TPSA) is 29.5 Å². The van der Waals surface area contributed by atoms with Gasteiger partial charge in [0, 0.05) is 19.8 Å². The summed E-state index contributed by atoms with van der Waals surface area (Å²) in [5.41, 5.74) is 1.02. The van der Waals surface area contributed by atoms with Gasteiger partial charge in [-0.2, -0.15) is 0 Å². The van der Waals surface area contributed by atoms with Gasteiger partial charge in [0.25, 0.3) is 0 Å². The number of allylic oxidation sites excluding steroid dienone is 2. The van der Waals surface area contributed by atoms with Crippen LogP contribution >= 0.6 is 0 Å². The van der Waals surface area contributed by atoms with Gasteiger partial charge in [-0.25, -0.2) is 0 Å². The minimum atomic E-state index is 0.355. The van der Waals surface area contributed by atoms with Gasteiger partial charge in [0.2, 0.25) is 0 Å². The first-order valence-electron chi connectivity index (χ1n) is 6.07. The summed E-state index contributed by atoms with van der Waals surface area (Å²) in [6, 6.07) is 0. The number of hydrogen-bond acceptors (Lipinski definition) is 2. The monoisotopic (exact) mass is 230 g/mol. The van der Waals surface area contributed by atoms with Crippen molar-refractivity contribution in [1.29, 1.82) is 0 Å². The molecule has 2 heteroatoms. The van der Waals surface area contributed by atoms with Crippen molar-refractivity contribution in [2.45, 2.75) is 47.0 Å². The molecule has 0 atom stereocenters. The molecule has 0 aliphatic heterocycles. The highest BCUT2D eigenvalue weighted by Crippen LogP contribution is 1.89. The zero-order valence-electron chi connectivity index (χ0n) is 11.6. The van der Waals surface area contributed by atoms with Gasteiger partial charge < -0.3 is 9.84 Å². The number of aliphatic hydroxyl groups excluding tert-OH is 1. The standard InChI is InChI=1S/C5H12O.C5H8.C4H10O/c1-2-3-4-5-6;1-4-5(2)3;1-3-5-4-2/h6H,2-5H2,1H3;4H,1-2H2,3H3;3-4H2,1-2H3. The average Bonchev–Trinajstić information content (AvgIpc) is 2.29. The minimum absolute atomic E-state index is 0.355. The van der Waals surface area contributed by atoms with Crippen molar-refractivity contribution in [3.63, 3.8) is 0 Å². The van der Waals surface area contributed by atoms with Gasteiger partial charge in [0.15, 0.2) is 0 Å². The Balaban J connectivity index is -0.000000160. The number of aliphatic hydroxyl groups is 1. The fourth-order valence-electron chi connectivity index (χ4n) is 0.566. The van der Waals surface area contributed by atoms with E-state index in [1.807, 2.05) is 20.8 Å². The van der Waals surface area contributed by atoms with Gasteiger partial charge in [-0.1, -0.05) is 44.6 Å². The Labute approximate surface area is 102 Å². The van der Waals surface area contributed by atoms with Crippen LogP contribution in [0.4, 0.5) is 0 Å². The Bertz CT molecular complexity index is 125. The molecule has 0 unspecified atom stereocenters. The number of unbranched alkanes of at least 4 members (excludes halogenated alkanes) is 2. The largest absolute Gasteiger partial charge is 0.396 e. The molecule has 98 valence electrons. The Kier molecular flexibility index (Phi) is 31.0. The third-order valence-corrected chi connectivity index (χ3v) is 1.52. The molecule has 16 heavy (non-hydrogen) atoms. The molecule has 0 heterocycles. The van der Waals surface area contributed by atoms with Gasteiger partial charge in [0.1, 0.15) is 0 Å². The minimum Gasteiger partial charge on any atom is -0.396 e. The maximum absolute atomic E-state index is 8.20. The molecule has 0 aromatic heterocycles. The molecule has 0 aliphatic carbocycles. The molecule has 0 spiro atoms. The normalized spacial score (nSPS) is 8.06.